The molecule has 76 valence electrons. The summed E-state index contributed by atoms with van der Waals surface area (Å²) in [5, 5.41) is 11.8. The second-order valence-electron chi connectivity index (χ2n) is 2.99. The minimum Gasteiger partial charge on any atom is -0.222 e. The highest BCUT2D eigenvalue weighted by Gasteiger charge is 2.00. The molecule has 0 aliphatic carbocycles. The summed E-state index contributed by atoms with van der Waals surface area (Å²) in [7, 11) is 0. The zero-order chi connectivity index (χ0) is 10.5. The molecule has 5 nitrogen and oxygen atoms in total. The minimum absolute atomic E-state index is 0.397. The normalized spacial score (nSPS) is 11.0. The maximum absolute atomic E-state index is 4.09. The first-order valence-corrected chi connectivity index (χ1v) is 4.69. The molecule has 0 spiro atoms. The predicted molar refractivity (Wildman–Crippen MR) is 57.2 cm³/mol. The lowest BCUT2D eigenvalue weighted by atomic mass is 10.2. The molecule has 5 heteroatoms. The Hall–Kier alpha value is -2.04. The fourth-order valence-corrected chi connectivity index (χ4v) is 1.22. The number of nitrogens with zero attached hydrogens (tertiary/aromatic N) is 5. The molecule has 0 bridgehead atoms. The van der Waals surface area contributed by atoms with Gasteiger partial charge in [-0.15, -0.1) is 5.10 Å². The summed E-state index contributed by atoms with van der Waals surface area (Å²) in [6.07, 6.45) is 1.64. The van der Waals surface area contributed by atoms with Crippen LogP contribution in [-0.4, -0.2) is 26.4 Å². The molecule has 0 saturated heterocycles. The monoisotopic (exact) mass is 201 g/mol. The van der Waals surface area contributed by atoms with Crippen LogP contribution in [0.15, 0.2) is 35.3 Å². The Morgan fingerprint density at radius 2 is 2.13 bits per heavy atom. The van der Waals surface area contributed by atoms with Gasteiger partial charge in [0.15, 0.2) is 0 Å². The van der Waals surface area contributed by atoms with Crippen LogP contribution in [0.25, 0.3) is 0 Å². The molecule has 0 radical (unpaired) electrons. The first-order chi connectivity index (χ1) is 7.38. The molecule has 0 unspecified atom stereocenters. The topological polar surface area (TPSA) is 56.0 Å². The molecule has 0 amide bonds. The molecule has 0 aliphatic rings. The molecular weight excluding hydrogens is 190 g/mol. The first kappa shape index (κ1) is 9.51. The zero-order valence-electron chi connectivity index (χ0n) is 8.41. The van der Waals surface area contributed by atoms with Gasteiger partial charge in [0.2, 0.25) is 0 Å². The van der Waals surface area contributed by atoms with E-state index in [9.17, 15) is 0 Å². The van der Waals surface area contributed by atoms with Gasteiger partial charge in [-0.2, -0.15) is 4.80 Å². The van der Waals surface area contributed by atoms with Crippen LogP contribution < -0.4 is 0 Å². The molecular formula is C10H11N5. The Balaban J connectivity index is 2.11. The lowest BCUT2D eigenvalue weighted by Gasteiger charge is -1.97. The van der Waals surface area contributed by atoms with Crippen LogP contribution in [0.2, 0.25) is 0 Å². The van der Waals surface area contributed by atoms with E-state index >= 15 is 0 Å². The van der Waals surface area contributed by atoms with E-state index in [1.54, 1.807) is 6.21 Å². The van der Waals surface area contributed by atoms with Crippen molar-refractivity contribution < 1.29 is 0 Å². The van der Waals surface area contributed by atoms with Crippen molar-refractivity contribution in [3.8, 4) is 0 Å². The number of rotatable bonds is 3. The number of hydrogen-bond donors (Lipinski definition) is 0. The summed E-state index contributed by atoms with van der Waals surface area (Å²) >= 11 is 0. The first-order valence-electron chi connectivity index (χ1n) is 4.69. The highest BCUT2D eigenvalue weighted by Crippen LogP contribution is 2.02. The molecule has 15 heavy (non-hydrogen) atoms. The molecule has 2 rings (SSSR count). The maximum atomic E-state index is 4.09. The summed E-state index contributed by atoms with van der Waals surface area (Å²) in [5.74, 6) is 0.397. The summed E-state index contributed by atoms with van der Waals surface area (Å²) < 4.78 is 0. The van der Waals surface area contributed by atoms with Gasteiger partial charge in [-0.25, -0.2) is 4.99 Å². The van der Waals surface area contributed by atoms with E-state index in [1.807, 2.05) is 37.3 Å². The lowest BCUT2D eigenvalue weighted by molar-refractivity contribution is 0.573. The van der Waals surface area contributed by atoms with Crippen molar-refractivity contribution in [1.29, 1.82) is 0 Å². The standard InChI is InChI=1S/C10H11N5/c1-2-11-10-12-14-15(13-10)8-9-6-4-3-5-7-9/h2-7H,8H2,1H3. The van der Waals surface area contributed by atoms with Crippen molar-refractivity contribution >= 4 is 12.2 Å². The number of aliphatic imine (C=N–C) groups is 1. The third-order valence-electron chi connectivity index (χ3n) is 1.85. The number of hydrogen-bond acceptors (Lipinski definition) is 4. The van der Waals surface area contributed by atoms with Crippen molar-refractivity contribution in [2.75, 3.05) is 0 Å². The fourth-order valence-electron chi connectivity index (χ4n) is 1.22. The van der Waals surface area contributed by atoms with Gasteiger partial charge in [0, 0.05) is 6.21 Å². The second-order valence-corrected chi connectivity index (χ2v) is 2.99. The van der Waals surface area contributed by atoms with Gasteiger partial charge in [-0.3, -0.25) is 0 Å². The highest BCUT2D eigenvalue weighted by molar-refractivity contribution is 5.56. The highest BCUT2D eigenvalue weighted by atomic mass is 15.6. The summed E-state index contributed by atoms with van der Waals surface area (Å²) in [6, 6.07) is 9.98. The second kappa shape index (κ2) is 4.45. The van der Waals surface area contributed by atoms with Crippen molar-refractivity contribution in [1.82, 2.24) is 20.2 Å². The largest absolute Gasteiger partial charge is 0.288 e. The maximum Gasteiger partial charge on any atom is 0.288 e. The molecule has 0 saturated carbocycles. The molecule has 0 N–H and O–H groups in total. The lowest BCUT2D eigenvalue weighted by Crippen LogP contribution is -2.03. The summed E-state index contributed by atoms with van der Waals surface area (Å²) in [5.41, 5.74) is 1.14. The van der Waals surface area contributed by atoms with E-state index in [1.165, 1.54) is 4.80 Å². The van der Waals surface area contributed by atoms with Gasteiger partial charge >= 0.3 is 0 Å². The smallest absolute Gasteiger partial charge is 0.222 e. The van der Waals surface area contributed by atoms with Gasteiger partial charge in [-0.05, 0) is 17.7 Å². The third kappa shape index (κ3) is 2.46. The molecule has 0 atom stereocenters. The predicted octanol–water partition coefficient (Wildman–Crippen LogP) is 1.44. The van der Waals surface area contributed by atoms with Crippen LogP contribution in [0.1, 0.15) is 12.5 Å². The molecule has 0 aliphatic heterocycles. The van der Waals surface area contributed by atoms with E-state index < -0.39 is 0 Å². The van der Waals surface area contributed by atoms with E-state index in [0.29, 0.717) is 12.5 Å². The Morgan fingerprint density at radius 3 is 2.87 bits per heavy atom. The Bertz CT molecular complexity index is 446. The molecule has 1 aromatic carbocycles. The Kier molecular flexibility index (Phi) is 2.82. The SMILES string of the molecule is CC=Nc1nnn(Cc2ccccc2)n1. The average Bonchev–Trinajstić information content (AvgIpc) is 2.68. The molecule has 1 heterocycles. The van der Waals surface area contributed by atoms with E-state index in [2.05, 4.69) is 20.4 Å². The van der Waals surface area contributed by atoms with Crippen LogP contribution in [0.3, 0.4) is 0 Å². The van der Waals surface area contributed by atoms with Crippen LogP contribution in [0.5, 0.6) is 0 Å². The van der Waals surface area contributed by atoms with Crippen molar-refractivity contribution in [3.05, 3.63) is 35.9 Å². The quantitative estimate of drug-likeness (QED) is 0.706. The van der Waals surface area contributed by atoms with Crippen molar-refractivity contribution in [2.45, 2.75) is 13.5 Å². The molecule has 2 aromatic rings. The summed E-state index contributed by atoms with van der Waals surface area (Å²) in [6.45, 7) is 2.44. The number of benzene rings is 1. The third-order valence-corrected chi connectivity index (χ3v) is 1.85. The van der Waals surface area contributed by atoms with Crippen LogP contribution in [-0.2, 0) is 6.54 Å². The van der Waals surface area contributed by atoms with Gasteiger partial charge in [-0.1, -0.05) is 35.4 Å². The minimum atomic E-state index is 0.397. The molecule has 0 fully saturated rings. The van der Waals surface area contributed by atoms with Crippen LogP contribution in [0.4, 0.5) is 5.95 Å². The van der Waals surface area contributed by atoms with Gasteiger partial charge in [0.25, 0.3) is 5.95 Å². The zero-order valence-corrected chi connectivity index (χ0v) is 8.41. The van der Waals surface area contributed by atoms with Gasteiger partial charge < -0.3 is 0 Å². The van der Waals surface area contributed by atoms with Crippen molar-refractivity contribution in [2.24, 2.45) is 4.99 Å². The fraction of sp³-hybridized carbons (Fsp3) is 0.200. The summed E-state index contributed by atoms with van der Waals surface area (Å²) in [4.78, 5) is 5.46. The van der Waals surface area contributed by atoms with Crippen LogP contribution >= 0.6 is 0 Å². The Morgan fingerprint density at radius 1 is 1.33 bits per heavy atom. The van der Waals surface area contributed by atoms with Crippen molar-refractivity contribution in [3.63, 3.8) is 0 Å². The molecule has 1 aromatic heterocycles. The van der Waals surface area contributed by atoms with E-state index in [-0.39, 0.29) is 0 Å². The van der Waals surface area contributed by atoms with Gasteiger partial charge in [0.05, 0.1) is 6.54 Å². The average molecular weight is 201 g/mol. The number of aromatic nitrogens is 4. The van der Waals surface area contributed by atoms with Gasteiger partial charge in [0.1, 0.15) is 0 Å². The van der Waals surface area contributed by atoms with E-state index in [0.717, 1.165) is 5.56 Å². The van der Waals surface area contributed by atoms with E-state index in [4.69, 9.17) is 0 Å². The van der Waals surface area contributed by atoms with Crippen LogP contribution in [0, 0.1) is 0 Å². The number of tetrazole rings is 1. The Labute approximate surface area is 87.5 Å².